The summed E-state index contributed by atoms with van der Waals surface area (Å²) >= 11 is 0. The summed E-state index contributed by atoms with van der Waals surface area (Å²) in [5.74, 6) is 0.551. The Hall–Kier alpha value is -2.34. The van der Waals surface area contributed by atoms with E-state index in [1.807, 2.05) is 0 Å². The van der Waals surface area contributed by atoms with E-state index < -0.39 is 11.5 Å². The molecule has 2 aromatic heterocycles. The van der Waals surface area contributed by atoms with E-state index in [9.17, 15) is 9.59 Å². The molecule has 3 rings (SSSR count). The van der Waals surface area contributed by atoms with Gasteiger partial charge in [0.1, 0.15) is 11.3 Å². The summed E-state index contributed by atoms with van der Waals surface area (Å²) in [6.45, 7) is 0.0231. The normalized spacial score (nSPS) is 15.5. The zero-order valence-electron chi connectivity index (χ0n) is 12.0. The summed E-state index contributed by atoms with van der Waals surface area (Å²) < 4.78 is 5.21. The quantitative estimate of drug-likeness (QED) is 0.754. The van der Waals surface area contributed by atoms with Gasteiger partial charge in [-0.1, -0.05) is 0 Å². The van der Waals surface area contributed by atoms with E-state index in [2.05, 4.69) is 10.3 Å². The van der Waals surface area contributed by atoms with Gasteiger partial charge in [0.2, 0.25) is 0 Å². The lowest BCUT2D eigenvalue weighted by atomic mass is 10.1. The van der Waals surface area contributed by atoms with Gasteiger partial charge in [0.25, 0.3) is 11.5 Å². The number of aromatic nitrogens is 1. The largest absolute Gasteiger partial charge is 0.463 e. The van der Waals surface area contributed by atoms with Crippen molar-refractivity contribution >= 4 is 5.91 Å². The van der Waals surface area contributed by atoms with Crippen LogP contribution in [0.3, 0.4) is 0 Å². The fourth-order valence-electron chi connectivity index (χ4n) is 2.54. The summed E-state index contributed by atoms with van der Waals surface area (Å²) in [6, 6.07) is 6.53. The maximum Gasteiger partial charge on any atom is 0.261 e. The second kappa shape index (κ2) is 6.19. The summed E-state index contributed by atoms with van der Waals surface area (Å²) in [4.78, 5) is 27.0. The number of aliphatic hydroxyl groups excluding tert-OH is 1. The smallest absolute Gasteiger partial charge is 0.261 e. The number of rotatable bonds is 6. The van der Waals surface area contributed by atoms with Gasteiger partial charge in [-0.15, -0.1) is 0 Å². The molecule has 0 bridgehead atoms. The predicted molar refractivity (Wildman–Crippen MR) is 80.4 cm³/mol. The monoisotopic (exact) mass is 302 g/mol. The maximum absolute atomic E-state index is 12.2. The minimum absolute atomic E-state index is 0.0231. The lowest BCUT2D eigenvalue weighted by Crippen LogP contribution is -2.39. The van der Waals surface area contributed by atoms with Crippen LogP contribution in [-0.4, -0.2) is 28.6 Å². The highest BCUT2D eigenvalue weighted by Crippen LogP contribution is 2.34. The number of carbonyl (C=O) groups is 1. The molecule has 0 aliphatic heterocycles. The molecular weight excluding hydrogens is 284 g/mol. The van der Waals surface area contributed by atoms with Crippen LogP contribution in [0.5, 0.6) is 0 Å². The van der Waals surface area contributed by atoms with Crippen LogP contribution in [0.1, 0.15) is 29.6 Å². The molecule has 0 saturated heterocycles. The standard InChI is InChI=1S/C16H18N2O4/c19-8-7-12(10-3-4-10)17-15(20)11-5-6-13(18-16(11)21)14-2-1-9-22-14/h1-2,5-6,9-10,12,19H,3-4,7-8H2,(H,17,20)(H,18,21). The van der Waals surface area contributed by atoms with Gasteiger partial charge in [0.15, 0.2) is 0 Å². The van der Waals surface area contributed by atoms with Crippen molar-refractivity contribution in [3.05, 3.63) is 46.4 Å². The van der Waals surface area contributed by atoms with Crippen LogP contribution >= 0.6 is 0 Å². The number of carbonyl (C=O) groups excluding carboxylic acids is 1. The first-order valence-electron chi connectivity index (χ1n) is 7.38. The fourth-order valence-corrected chi connectivity index (χ4v) is 2.54. The lowest BCUT2D eigenvalue weighted by molar-refractivity contribution is 0.0922. The molecule has 22 heavy (non-hydrogen) atoms. The second-order valence-corrected chi connectivity index (χ2v) is 5.52. The van der Waals surface area contributed by atoms with Gasteiger partial charge in [-0.25, -0.2) is 0 Å². The van der Waals surface area contributed by atoms with E-state index in [4.69, 9.17) is 9.52 Å². The molecule has 1 atom stereocenters. The highest BCUT2D eigenvalue weighted by Gasteiger charge is 2.32. The van der Waals surface area contributed by atoms with Crippen molar-refractivity contribution in [3.8, 4) is 11.5 Å². The van der Waals surface area contributed by atoms with Crippen molar-refractivity contribution in [1.82, 2.24) is 10.3 Å². The highest BCUT2D eigenvalue weighted by atomic mass is 16.3. The van der Waals surface area contributed by atoms with Crippen molar-refractivity contribution in [2.45, 2.75) is 25.3 Å². The molecule has 1 unspecified atom stereocenters. The predicted octanol–water partition coefficient (Wildman–Crippen LogP) is 1.53. The zero-order chi connectivity index (χ0) is 15.5. The molecule has 6 nitrogen and oxygen atoms in total. The van der Waals surface area contributed by atoms with Crippen molar-refractivity contribution in [2.24, 2.45) is 5.92 Å². The molecule has 1 amide bonds. The Morgan fingerprint density at radius 1 is 1.41 bits per heavy atom. The molecular formula is C16H18N2O4. The van der Waals surface area contributed by atoms with E-state index in [0.29, 0.717) is 23.8 Å². The minimum atomic E-state index is -0.454. The Balaban J connectivity index is 1.76. The molecule has 1 saturated carbocycles. The number of furan rings is 1. The summed E-state index contributed by atoms with van der Waals surface area (Å²) in [5, 5.41) is 11.9. The molecule has 2 heterocycles. The number of amides is 1. The van der Waals surface area contributed by atoms with Crippen molar-refractivity contribution in [3.63, 3.8) is 0 Å². The molecule has 1 aliphatic carbocycles. The minimum Gasteiger partial charge on any atom is -0.463 e. The average Bonchev–Trinajstić information content (AvgIpc) is 3.21. The molecule has 6 heteroatoms. The number of hydrogen-bond acceptors (Lipinski definition) is 4. The van der Waals surface area contributed by atoms with Gasteiger partial charge in [0, 0.05) is 12.6 Å². The molecule has 0 aromatic carbocycles. The van der Waals surface area contributed by atoms with Crippen LogP contribution in [0.25, 0.3) is 11.5 Å². The third-order valence-electron chi connectivity index (χ3n) is 3.89. The first-order valence-corrected chi connectivity index (χ1v) is 7.38. The SMILES string of the molecule is O=C(NC(CCO)C1CC1)c1ccc(-c2ccco2)[nH]c1=O. The molecule has 3 N–H and O–H groups in total. The Kier molecular flexibility index (Phi) is 4.11. The number of nitrogens with one attached hydrogen (secondary N) is 2. The number of aliphatic hydroxyl groups is 1. The number of hydrogen-bond donors (Lipinski definition) is 3. The number of pyridine rings is 1. The molecule has 116 valence electrons. The summed E-state index contributed by atoms with van der Waals surface area (Å²) in [7, 11) is 0. The molecule has 0 radical (unpaired) electrons. The third-order valence-corrected chi connectivity index (χ3v) is 3.89. The van der Waals surface area contributed by atoms with Crippen LogP contribution in [0.2, 0.25) is 0 Å². The number of H-pyrrole nitrogens is 1. The average molecular weight is 302 g/mol. The van der Waals surface area contributed by atoms with Gasteiger partial charge < -0.3 is 19.8 Å². The molecule has 1 fully saturated rings. The van der Waals surface area contributed by atoms with E-state index in [1.165, 1.54) is 12.3 Å². The summed E-state index contributed by atoms with van der Waals surface area (Å²) in [5.41, 5.74) is 0.143. The van der Waals surface area contributed by atoms with Gasteiger partial charge >= 0.3 is 0 Å². The van der Waals surface area contributed by atoms with Crippen LogP contribution in [0.15, 0.2) is 39.7 Å². The van der Waals surface area contributed by atoms with Gasteiger partial charge in [0.05, 0.1) is 12.0 Å². The van der Waals surface area contributed by atoms with Gasteiger partial charge in [-0.05, 0) is 49.4 Å². The van der Waals surface area contributed by atoms with Crippen molar-refractivity contribution in [1.29, 1.82) is 0 Å². The van der Waals surface area contributed by atoms with E-state index >= 15 is 0 Å². The summed E-state index contributed by atoms with van der Waals surface area (Å²) in [6.07, 6.45) is 4.14. The lowest BCUT2D eigenvalue weighted by Gasteiger charge is -2.16. The van der Waals surface area contributed by atoms with Crippen LogP contribution < -0.4 is 10.9 Å². The Morgan fingerprint density at radius 3 is 2.82 bits per heavy atom. The number of aromatic amines is 1. The fraction of sp³-hybridized carbons (Fsp3) is 0.375. The van der Waals surface area contributed by atoms with E-state index in [-0.39, 0.29) is 18.2 Å². The Labute approximate surface area is 127 Å². The first kappa shape index (κ1) is 14.6. The van der Waals surface area contributed by atoms with Crippen molar-refractivity contribution < 1.29 is 14.3 Å². The molecule has 2 aromatic rings. The van der Waals surface area contributed by atoms with Crippen LogP contribution in [0.4, 0.5) is 0 Å². The Bertz CT molecular complexity index is 701. The second-order valence-electron chi connectivity index (χ2n) is 5.52. The van der Waals surface area contributed by atoms with Crippen LogP contribution in [0, 0.1) is 5.92 Å². The van der Waals surface area contributed by atoms with Gasteiger partial charge in [-0.2, -0.15) is 0 Å². The Morgan fingerprint density at radius 2 is 2.23 bits per heavy atom. The maximum atomic E-state index is 12.2. The third kappa shape index (κ3) is 3.12. The highest BCUT2D eigenvalue weighted by molar-refractivity contribution is 5.94. The van der Waals surface area contributed by atoms with Gasteiger partial charge in [-0.3, -0.25) is 9.59 Å². The van der Waals surface area contributed by atoms with E-state index in [1.54, 1.807) is 18.2 Å². The zero-order valence-corrected chi connectivity index (χ0v) is 12.0. The first-order chi connectivity index (χ1) is 10.7. The molecule has 1 aliphatic rings. The molecule has 0 spiro atoms. The van der Waals surface area contributed by atoms with E-state index in [0.717, 1.165) is 12.8 Å². The van der Waals surface area contributed by atoms with Crippen LogP contribution in [-0.2, 0) is 0 Å². The topological polar surface area (TPSA) is 95.3 Å². The van der Waals surface area contributed by atoms with Crippen molar-refractivity contribution in [2.75, 3.05) is 6.61 Å².